The van der Waals surface area contributed by atoms with Crippen molar-refractivity contribution in [3.63, 3.8) is 0 Å². The third kappa shape index (κ3) is 2.88. The lowest BCUT2D eigenvalue weighted by Crippen LogP contribution is -2.41. The van der Waals surface area contributed by atoms with Gasteiger partial charge in [-0.05, 0) is 54.9 Å². The van der Waals surface area contributed by atoms with Crippen LogP contribution in [0.15, 0.2) is 18.2 Å². The van der Waals surface area contributed by atoms with Crippen LogP contribution in [0.4, 0.5) is 4.79 Å². The maximum absolute atomic E-state index is 11.8. The molecule has 0 aliphatic heterocycles. The number of carbonyl (C=O) groups excluding carboxylic acids is 1. The number of nitrogens with one attached hydrogen (secondary N) is 2. The van der Waals surface area contributed by atoms with Crippen LogP contribution in [0, 0.1) is 5.92 Å². The minimum atomic E-state index is -0.430. The van der Waals surface area contributed by atoms with Gasteiger partial charge in [-0.1, -0.05) is 6.07 Å². The van der Waals surface area contributed by atoms with E-state index in [1.807, 2.05) is 6.07 Å². The molecule has 2 atom stereocenters. The van der Waals surface area contributed by atoms with Gasteiger partial charge in [-0.25, -0.2) is 4.79 Å². The molecule has 2 aliphatic carbocycles. The standard InChI is InChI=1S/C15H20N2O3/c18-11-5-3-9-4-6-13(12(9)7-11)17-15(20)16-8-14(19)10-1-2-10/h3,5,7,10,13-14,18-19H,1-2,4,6,8H2,(H2,16,17,20). The number of urea groups is 1. The van der Waals surface area contributed by atoms with E-state index in [0.29, 0.717) is 12.5 Å². The molecule has 1 aromatic rings. The fourth-order valence-corrected chi connectivity index (χ4v) is 2.79. The van der Waals surface area contributed by atoms with E-state index in [1.165, 1.54) is 5.56 Å². The SMILES string of the molecule is O=C(NCC(O)C1CC1)NC1CCc2ccc(O)cc21. The van der Waals surface area contributed by atoms with E-state index >= 15 is 0 Å². The molecular formula is C15H20N2O3. The number of fused-ring (bicyclic) bond motifs is 1. The molecule has 0 saturated heterocycles. The Morgan fingerprint density at radius 3 is 2.90 bits per heavy atom. The molecule has 2 amide bonds. The number of amides is 2. The highest BCUT2D eigenvalue weighted by atomic mass is 16.3. The Bertz CT molecular complexity index is 514. The minimum Gasteiger partial charge on any atom is -0.508 e. The van der Waals surface area contributed by atoms with E-state index in [-0.39, 0.29) is 17.8 Å². The maximum atomic E-state index is 11.8. The number of hydrogen-bond donors (Lipinski definition) is 4. The van der Waals surface area contributed by atoms with Gasteiger partial charge in [-0.2, -0.15) is 0 Å². The van der Waals surface area contributed by atoms with Gasteiger partial charge in [0.1, 0.15) is 5.75 Å². The first-order valence-electron chi connectivity index (χ1n) is 7.17. The van der Waals surface area contributed by atoms with Crippen LogP contribution in [0.5, 0.6) is 5.75 Å². The van der Waals surface area contributed by atoms with Gasteiger partial charge in [0, 0.05) is 6.54 Å². The summed E-state index contributed by atoms with van der Waals surface area (Å²) in [6.45, 7) is 0.302. The predicted molar refractivity (Wildman–Crippen MR) is 74.4 cm³/mol. The second kappa shape index (κ2) is 5.32. The van der Waals surface area contributed by atoms with Crippen molar-refractivity contribution in [1.82, 2.24) is 10.6 Å². The average molecular weight is 276 g/mol. The molecule has 2 unspecified atom stereocenters. The zero-order valence-corrected chi connectivity index (χ0v) is 11.3. The zero-order valence-electron chi connectivity index (χ0n) is 11.3. The smallest absolute Gasteiger partial charge is 0.315 e. The molecule has 1 aromatic carbocycles. The topological polar surface area (TPSA) is 81.6 Å². The summed E-state index contributed by atoms with van der Waals surface area (Å²) in [7, 11) is 0. The van der Waals surface area contributed by atoms with Crippen LogP contribution >= 0.6 is 0 Å². The lowest BCUT2D eigenvalue weighted by molar-refractivity contribution is 0.149. The lowest BCUT2D eigenvalue weighted by atomic mass is 10.1. The summed E-state index contributed by atoms with van der Waals surface area (Å²) in [6, 6.07) is 4.97. The fourth-order valence-electron chi connectivity index (χ4n) is 2.79. The lowest BCUT2D eigenvalue weighted by Gasteiger charge is -2.16. The summed E-state index contributed by atoms with van der Waals surface area (Å²) in [5.74, 6) is 0.585. The Labute approximate surface area is 118 Å². The van der Waals surface area contributed by atoms with Crippen LogP contribution in [-0.4, -0.2) is 28.9 Å². The molecule has 5 heteroatoms. The molecule has 4 N–H and O–H groups in total. The fraction of sp³-hybridized carbons (Fsp3) is 0.533. The molecule has 1 fully saturated rings. The second-order valence-corrected chi connectivity index (χ2v) is 5.73. The van der Waals surface area contributed by atoms with Crippen molar-refractivity contribution in [2.24, 2.45) is 5.92 Å². The number of aliphatic hydroxyl groups is 1. The van der Waals surface area contributed by atoms with E-state index in [9.17, 15) is 15.0 Å². The normalized spacial score (nSPS) is 22.1. The van der Waals surface area contributed by atoms with Crippen LogP contribution in [-0.2, 0) is 6.42 Å². The monoisotopic (exact) mass is 276 g/mol. The van der Waals surface area contributed by atoms with Crippen molar-refractivity contribution < 1.29 is 15.0 Å². The van der Waals surface area contributed by atoms with Crippen LogP contribution in [0.3, 0.4) is 0 Å². The van der Waals surface area contributed by atoms with Crippen molar-refractivity contribution in [2.75, 3.05) is 6.54 Å². The quantitative estimate of drug-likeness (QED) is 0.672. The van der Waals surface area contributed by atoms with E-state index in [2.05, 4.69) is 10.6 Å². The van der Waals surface area contributed by atoms with E-state index in [1.54, 1.807) is 12.1 Å². The number of benzene rings is 1. The Morgan fingerprint density at radius 1 is 1.35 bits per heavy atom. The van der Waals surface area contributed by atoms with Gasteiger partial charge in [-0.15, -0.1) is 0 Å². The van der Waals surface area contributed by atoms with Gasteiger partial charge >= 0.3 is 6.03 Å². The molecule has 0 bridgehead atoms. The number of hydrogen-bond acceptors (Lipinski definition) is 3. The minimum absolute atomic E-state index is 0.0600. The van der Waals surface area contributed by atoms with Crippen LogP contribution in [0.2, 0.25) is 0 Å². The van der Waals surface area contributed by atoms with Crippen LogP contribution in [0.25, 0.3) is 0 Å². The average Bonchev–Trinajstić information content (AvgIpc) is 3.21. The number of aromatic hydroxyl groups is 1. The molecule has 3 rings (SSSR count). The number of aliphatic hydroxyl groups excluding tert-OH is 1. The Balaban J connectivity index is 1.53. The summed E-state index contributed by atoms with van der Waals surface area (Å²) in [5, 5.41) is 24.9. The Kier molecular flexibility index (Phi) is 3.53. The van der Waals surface area contributed by atoms with Gasteiger partial charge in [0.15, 0.2) is 0 Å². The Hall–Kier alpha value is -1.75. The van der Waals surface area contributed by atoms with Gasteiger partial charge in [-0.3, -0.25) is 0 Å². The molecule has 0 spiro atoms. The maximum Gasteiger partial charge on any atom is 0.315 e. The van der Waals surface area contributed by atoms with Crippen molar-refractivity contribution in [1.29, 1.82) is 0 Å². The first kappa shape index (κ1) is 13.2. The summed E-state index contributed by atoms with van der Waals surface area (Å²) >= 11 is 0. The third-order valence-corrected chi connectivity index (χ3v) is 4.15. The number of phenols is 1. The van der Waals surface area contributed by atoms with E-state index in [4.69, 9.17) is 0 Å². The third-order valence-electron chi connectivity index (χ3n) is 4.15. The van der Waals surface area contributed by atoms with Crippen LogP contribution < -0.4 is 10.6 Å². The summed E-state index contributed by atoms with van der Waals surface area (Å²) in [6.07, 6.45) is 3.43. The molecule has 0 radical (unpaired) electrons. The highest BCUT2D eigenvalue weighted by Gasteiger charge is 2.30. The van der Waals surface area contributed by atoms with Crippen molar-refractivity contribution in [3.8, 4) is 5.75 Å². The Morgan fingerprint density at radius 2 is 2.15 bits per heavy atom. The first-order chi connectivity index (χ1) is 9.63. The molecule has 0 heterocycles. The summed E-state index contributed by atoms with van der Waals surface area (Å²) < 4.78 is 0. The predicted octanol–water partition coefficient (Wildman–Crippen LogP) is 1.45. The molecule has 20 heavy (non-hydrogen) atoms. The first-order valence-corrected chi connectivity index (χ1v) is 7.17. The van der Waals surface area contributed by atoms with Crippen molar-refractivity contribution >= 4 is 6.03 Å². The number of aryl methyl sites for hydroxylation is 1. The van der Waals surface area contributed by atoms with Crippen LogP contribution in [0.1, 0.15) is 36.4 Å². The molecule has 1 saturated carbocycles. The van der Waals surface area contributed by atoms with E-state index < -0.39 is 6.10 Å². The number of rotatable bonds is 4. The molecule has 2 aliphatic rings. The summed E-state index contributed by atoms with van der Waals surface area (Å²) in [4.78, 5) is 11.8. The van der Waals surface area contributed by atoms with Gasteiger partial charge in [0.25, 0.3) is 0 Å². The van der Waals surface area contributed by atoms with Gasteiger partial charge in [0.05, 0.1) is 12.1 Å². The van der Waals surface area contributed by atoms with E-state index in [0.717, 1.165) is 31.2 Å². The van der Waals surface area contributed by atoms with Gasteiger partial charge < -0.3 is 20.8 Å². The number of phenolic OH excluding ortho intramolecular Hbond substituents is 1. The molecule has 5 nitrogen and oxygen atoms in total. The van der Waals surface area contributed by atoms with Gasteiger partial charge in [0.2, 0.25) is 0 Å². The number of carbonyl (C=O) groups is 1. The van der Waals surface area contributed by atoms with Crippen molar-refractivity contribution in [3.05, 3.63) is 29.3 Å². The molecule has 108 valence electrons. The summed E-state index contributed by atoms with van der Waals surface area (Å²) in [5.41, 5.74) is 2.16. The second-order valence-electron chi connectivity index (χ2n) is 5.73. The molecule has 0 aromatic heterocycles. The zero-order chi connectivity index (χ0) is 14.1. The highest BCUT2D eigenvalue weighted by molar-refractivity contribution is 5.74. The largest absolute Gasteiger partial charge is 0.508 e. The molecular weight excluding hydrogens is 256 g/mol. The highest BCUT2D eigenvalue weighted by Crippen LogP contribution is 2.33. The van der Waals surface area contributed by atoms with Crippen molar-refractivity contribution in [2.45, 2.75) is 37.8 Å².